The number of aryl methyl sites for hydroxylation is 1. The van der Waals surface area contributed by atoms with Crippen molar-refractivity contribution in [2.24, 2.45) is 0 Å². The van der Waals surface area contributed by atoms with Gasteiger partial charge in [-0.15, -0.1) is 10.2 Å². The lowest BCUT2D eigenvalue weighted by Gasteiger charge is -2.23. The molecule has 0 aromatic carbocycles. The van der Waals surface area contributed by atoms with Gasteiger partial charge in [-0.3, -0.25) is 13.8 Å². The first kappa shape index (κ1) is 17.2. The van der Waals surface area contributed by atoms with E-state index in [0.717, 1.165) is 55.8 Å². The summed E-state index contributed by atoms with van der Waals surface area (Å²) in [5.74, 6) is 1.48. The van der Waals surface area contributed by atoms with Crippen molar-refractivity contribution in [3.8, 4) is 0 Å². The quantitative estimate of drug-likeness (QED) is 0.679. The molecule has 0 saturated carbocycles. The zero-order valence-electron chi connectivity index (χ0n) is 15.7. The minimum absolute atomic E-state index is 0.0218. The highest BCUT2D eigenvalue weighted by atomic mass is 16.2. The minimum atomic E-state index is -0.172. The van der Waals surface area contributed by atoms with E-state index in [1.807, 2.05) is 33.7 Å². The van der Waals surface area contributed by atoms with Gasteiger partial charge >= 0.3 is 5.69 Å². The van der Waals surface area contributed by atoms with E-state index < -0.39 is 0 Å². The van der Waals surface area contributed by atoms with Crippen LogP contribution in [0.4, 0.5) is 0 Å². The van der Waals surface area contributed by atoms with Gasteiger partial charge in [0.05, 0.1) is 6.04 Å². The van der Waals surface area contributed by atoms with Crippen LogP contribution < -0.4 is 5.69 Å². The molecule has 0 N–H and O–H groups in total. The smallest absolute Gasteiger partial charge is 0.331 e. The largest absolute Gasteiger partial charge is 0.346 e. The Kier molecular flexibility index (Phi) is 4.22. The zero-order valence-corrected chi connectivity index (χ0v) is 15.7. The molecule has 2 aliphatic rings. The summed E-state index contributed by atoms with van der Waals surface area (Å²) in [5.41, 5.74) is 0.597. The van der Waals surface area contributed by atoms with Crippen LogP contribution in [0.3, 0.4) is 0 Å². The van der Waals surface area contributed by atoms with E-state index in [1.165, 1.54) is 4.68 Å². The highest BCUT2D eigenvalue weighted by Crippen LogP contribution is 2.31. The first-order valence-corrected chi connectivity index (χ1v) is 9.98. The van der Waals surface area contributed by atoms with Gasteiger partial charge in [0.2, 0.25) is 5.91 Å². The minimum Gasteiger partial charge on any atom is -0.331 e. The van der Waals surface area contributed by atoms with E-state index in [9.17, 15) is 9.59 Å². The van der Waals surface area contributed by atoms with Crippen LogP contribution in [0.5, 0.6) is 0 Å². The number of hydrogen-bond acceptors (Lipinski definition) is 5. The second-order valence-corrected chi connectivity index (χ2v) is 7.55. The van der Waals surface area contributed by atoms with E-state index in [4.69, 9.17) is 0 Å². The van der Waals surface area contributed by atoms with Crippen molar-refractivity contribution in [3.63, 3.8) is 0 Å². The average molecular weight is 381 g/mol. The second kappa shape index (κ2) is 6.88. The maximum Gasteiger partial charge on any atom is 0.346 e. The average Bonchev–Trinajstić information content (AvgIpc) is 3.36. The Bertz CT molecular complexity index is 1080. The molecule has 5 rings (SSSR count). The van der Waals surface area contributed by atoms with Crippen molar-refractivity contribution < 1.29 is 4.79 Å². The second-order valence-electron chi connectivity index (χ2n) is 7.55. The molecular weight excluding hydrogens is 358 g/mol. The summed E-state index contributed by atoms with van der Waals surface area (Å²) in [7, 11) is 0. The molecule has 1 saturated heterocycles. The third-order valence-corrected chi connectivity index (χ3v) is 5.78. The fourth-order valence-electron chi connectivity index (χ4n) is 4.37. The molecule has 0 radical (unpaired) electrons. The van der Waals surface area contributed by atoms with Gasteiger partial charge in [0.25, 0.3) is 0 Å². The number of carbonyl (C=O) groups is 1. The molecule has 0 aliphatic carbocycles. The Morgan fingerprint density at radius 1 is 1.11 bits per heavy atom. The molecule has 1 fully saturated rings. The summed E-state index contributed by atoms with van der Waals surface area (Å²) in [6, 6.07) is 5.62. The first-order chi connectivity index (χ1) is 13.7. The fraction of sp³-hybridized carbons (Fsp3) is 0.526. The van der Waals surface area contributed by atoms with Crippen LogP contribution in [0.1, 0.15) is 49.8 Å². The van der Waals surface area contributed by atoms with Crippen molar-refractivity contribution >= 4 is 11.6 Å². The molecule has 9 heteroatoms. The molecule has 3 aromatic heterocycles. The number of rotatable bonds is 3. The molecule has 1 unspecified atom stereocenters. The molecule has 0 bridgehead atoms. The van der Waals surface area contributed by atoms with E-state index in [2.05, 4.69) is 15.3 Å². The molecule has 3 aromatic rings. The van der Waals surface area contributed by atoms with Crippen LogP contribution in [0.25, 0.3) is 5.65 Å². The first-order valence-electron chi connectivity index (χ1n) is 9.98. The van der Waals surface area contributed by atoms with Gasteiger partial charge in [-0.25, -0.2) is 9.48 Å². The van der Waals surface area contributed by atoms with E-state index >= 15 is 0 Å². The Hall–Kier alpha value is -2.97. The highest BCUT2D eigenvalue weighted by Gasteiger charge is 2.33. The monoisotopic (exact) mass is 381 g/mol. The number of nitrogens with zero attached hydrogens (tertiary/aromatic N) is 7. The SMILES string of the molecule is O=C(Cn1nc2n(c1=O)CCCCC2)N1CCCC1c1nnc2ccccn12. The molecule has 28 heavy (non-hydrogen) atoms. The topological polar surface area (TPSA) is 90.3 Å². The molecule has 0 spiro atoms. The summed E-state index contributed by atoms with van der Waals surface area (Å²) < 4.78 is 5.00. The van der Waals surface area contributed by atoms with Crippen molar-refractivity contribution in [3.05, 3.63) is 46.5 Å². The number of amides is 1. The predicted molar refractivity (Wildman–Crippen MR) is 101 cm³/mol. The van der Waals surface area contributed by atoms with Crippen LogP contribution in [0.15, 0.2) is 29.2 Å². The van der Waals surface area contributed by atoms with Gasteiger partial charge in [-0.05, 0) is 37.8 Å². The standard InChI is InChI=1S/C19H23N7O2/c27-17(13-26-19(28)25-11-4-1-2-9-16(25)22-26)23-12-6-7-14(23)18-21-20-15-8-3-5-10-24(15)18/h3,5,8,10,14H,1-2,4,6-7,9,11-13H2. The molecule has 1 atom stereocenters. The molecule has 1 amide bonds. The van der Waals surface area contributed by atoms with Gasteiger partial charge in [-0.2, -0.15) is 5.10 Å². The van der Waals surface area contributed by atoms with Crippen LogP contribution >= 0.6 is 0 Å². The maximum absolute atomic E-state index is 13.0. The zero-order chi connectivity index (χ0) is 19.1. The van der Waals surface area contributed by atoms with Crippen LogP contribution in [-0.4, -0.2) is 46.3 Å². The molecule has 5 heterocycles. The van der Waals surface area contributed by atoms with Gasteiger partial charge in [0.15, 0.2) is 11.5 Å². The molecule has 146 valence electrons. The molecule has 9 nitrogen and oxygen atoms in total. The van der Waals surface area contributed by atoms with E-state index in [0.29, 0.717) is 13.1 Å². The third kappa shape index (κ3) is 2.81. The number of pyridine rings is 1. The van der Waals surface area contributed by atoms with Crippen LogP contribution in [0.2, 0.25) is 0 Å². The van der Waals surface area contributed by atoms with Gasteiger partial charge in [0, 0.05) is 25.7 Å². The van der Waals surface area contributed by atoms with E-state index in [1.54, 1.807) is 4.57 Å². The Balaban J connectivity index is 1.40. The van der Waals surface area contributed by atoms with Gasteiger partial charge in [0.1, 0.15) is 12.4 Å². The van der Waals surface area contributed by atoms with Crippen LogP contribution in [0, 0.1) is 0 Å². The fourth-order valence-corrected chi connectivity index (χ4v) is 4.37. The van der Waals surface area contributed by atoms with Crippen molar-refractivity contribution in [1.82, 2.24) is 33.8 Å². The number of likely N-dealkylation sites (tertiary alicyclic amines) is 1. The third-order valence-electron chi connectivity index (χ3n) is 5.78. The summed E-state index contributed by atoms with van der Waals surface area (Å²) in [4.78, 5) is 27.5. The highest BCUT2D eigenvalue weighted by molar-refractivity contribution is 5.76. The van der Waals surface area contributed by atoms with Gasteiger partial charge in [-0.1, -0.05) is 12.5 Å². The van der Waals surface area contributed by atoms with E-state index in [-0.39, 0.29) is 24.2 Å². The summed E-state index contributed by atoms with van der Waals surface area (Å²) in [6.45, 7) is 1.33. The Labute approximate surface area is 161 Å². The summed E-state index contributed by atoms with van der Waals surface area (Å²) >= 11 is 0. The number of aromatic nitrogens is 6. The summed E-state index contributed by atoms with van der Waals surface area (Å²) in [6.07, 6.45) is 7.61. The maximum atomic E-state index is 13.0. The molecule has 2 aliphatic heterocycles. The molecular formula is C19H23N7O2. The predicted octanol–water partition coefficient (Wildman–Crippen LogP) is 1.18. The lowest BCUT2D eigenvalue weighted by Crippen LogP contribution is -2.37. The lowest BCUT2D eigenvalue weighted by molar-refractivity contribution is -0.133. The number of fused-ring (bicyclic) bond motifs is 2. The van der Waals surface area contributed by atoms with Crippen LogP contribution in [-0.2, 0) is 24.3 Å². The van der Waals surface area contributed by atoms with Crippen molar-refractivity contribution in [2.45, 2.75) is 57.7 Å². The van der Waals surface area contributed by atoms with Crippen molar-refractivity contribution in [2.75, 3.05) is 6.54 Å². The lowest BCUT2D eigenvalue weighted by atomic mass is 10.2. The Morgan fingerprint density at radius 2 is 2.04 bits per heavy atom. The van der Waals surface area contributed by atoms with Crippen molar-refractivity contribution in [1.29, 1.82) is 0 Å². The number of carbonyl (C=O) groups excluding carboxylic acids is 1. The number of hydrogen-bond donors (Lipinski definition) is 0. The van der Waals surface area contributed by atoms with Gasteiger partial charge < -0.3 is 4.90 Å². The normalized spacial score (nSPS) is 19.7. The summed E-state index contributed by atoms with van der Waals surface area (Å²) in [5, 5.41) is 13.0. The Morgan fingerprint density at radius 3 is 2.96 bits per heavy atom.